The monoisotopic (exact) mass is 604 g/mol. The van der Waals surface area contributed by atoms with Gasteiger partial charge >= 0.3 is 0 Å². The van der Waals surface area contributed by atoms with Gasteiger partial charge in [-0.2, -0.15) is 0 Å². The first kappa shape index (κ1) is 30.3. The highest BCUT2D eigenvalue weighted by molar-refractivity contribution is 6.89. The van der Waals surface area contributed by atoms with E-state index in [1.165, 1.54) is 0 Å². The second-order valence-electron chi connectivity index (χ2n) is 14.7. The van der Waals surface area contributed by atoms with Crippen LogP contribution in [0.4, 0.5) is 0 Å². The lowest BCUT2D eigenvalue weighted by molar-refractivity contribution is 0.557. The average Bonchev–Trinajstić information content (AvgIpc) is 3.60. The molecule has 4 nitrogen and oxygen atoms in total. The minimum atomic E-state index is -1.64. The molecule has 8 heteroatoms. The van der Waals surface area contributed by atoms with Crippen LogP contribution in [-0.4, -0.2) is 32.3 Å². The van der Waals surface area contributed by atoms with E-state index >= 15 is 0 Å². The summed E-state index contributed by atoms with van der Waals surface area (Å²) in [5.41, 5.74) is 8.37. The molecule has 40 heavy (non-hydrogen) atoms. The fraction of sp³-hybridized carbons (Fsp3) is 0.375. The molecule has 0 aliphatic heterocycles. The number of hydrogen-bond donors (Lipinski definition) is 0. The minimum Gasteiger partial charge on any atom is -0.465 e. The van der Waals surface area contributed by atoms with Crippen LogP contribution < -0.4 is 21.5 Å². The Morgan fingerprint density at radius 3 is 0.725 bits per heavy atom. The van der Waals surface area contributed by atoms with Gasteiger partial charge in [-0.05, 0) is 48.5 Å². The lowest BCUT2D eigenvalue weighted by Gasteiger charge is -2.12. The molecule has 0 saturated heterocycles. The van der Waals surface area contributed by atoms with E-state index < -0.39 is 32.3 Å². The molecule has 4 aromatic heterocycles. The van der Waals surface area contributed by atoms with Crippen molar-refractivity contribution >= 4 is 65.0 Å². The molecule has 0 saturated carbocycles. The van der Waals surface area contributed by atoms with Crippen molar-refractivity contribution in [3.63, 3.8) is 0 Å². The lowest BCUT2D eigenvalue weighted by atomic mass is 10.1. The minimum absolute atomic E-state index is 0.727. The van der Waals surface area contributed by atoms with Gasteiger partial charge in [-0.15, -0.1) is 0 Å². The smallest absolute Gasteiger partial charge is 0.145 e. The Bertz CT molecular complexity index is 1370. The summed E-state index contributed by atoms with van der Waals surface area (Å²) in [5, 5.41) is 4.17. The van der Waals surface area contributed by atoms with E-state index in [4.69, 9.17) is 17.7 Å². The number of rotatable bonds is 8. The zero-order valence-corrected chi connectivity index (χ0v) is 30.3. The molecule has 4 aromatic rings. The van der Waals surface area contributed by atoms with E-state index in [0.29, 0.717) is 0 Å². The quantitative estimate of drug-likeness (QED) is 0.154. The highest BCUT2D eigenvalue weighted by Gasteiger charge is 2.27. The molecule has 0 spiro atoms. The van der Waals surface area contributed by atoms with E-state index in [0.717, 1.165) is 55.7 Å². The Labute approximate surface area is 243 Å². The fourth-order valence-corrected chi connectivity index (χ4v) is 8.11. The molecular weight excluding hydrogens is 561 g/mol. The molecule has 0 aliphatic carbocycles. The van der Waals surface area contributed by atoms with Gasteiger partial charge in [0.25, 0.3) is 0 Å². The van der Waals surface area contributed by atoms with Gasteiger partial charge in [0.2, 0.25) is 0 Å². The van der Waals surface area contributed by atoms with Crippen LogP contribution in [0.5, 0.6) is 0 Å². The van der Waals surface area contributed by atoms with Crippen LogP contribution >= 0.6 is 0 Å². The molecule has 0 atom stereocenters. The Kier molecular flexibility index (Phi) is 8.02. The second kappa shape index (κ2) is 10.6. The molecule has 0 unspecified atom stereocenters. The van der Waals surface area contributed by atoms with Crippen molar-refractivity contribution in [3.8, 4) is 0 Å². The van der Waals surface area contributed by atoms with Gasteiger partial charge in [0.15, 0.2) is 0 Å². The zero-order valence-electron chi connectivity index (χ0n) is 26.3. The maximum Gasteiger partial charge on any atom is 0.145 e. The molecule has 212 valence electrons. The molecule has 0 fully saturated rings. The first-order chi connectivity index (χ1) is 18.3. The first-order valence-electron chi connectivity index (χ1n) is 14.0. The summed E-state index contributed by atoms with van der Waals surface area (Å²) in [7, 11) is -6.58. The zero-order chi connectivity index (χ0) is 29.7. The van der Waals surface area contributed by atoms with Gasteiger partial charge in [-0.25, -0.2) is 0 Å². The summed E-state index contributed by atoms with van der Waals surface area (Å²) in [6, 6.07) is 16.5. The van der Waals surface area contributed by atoms with Crippen LogP contribution in [0.15, 0.2) is 77.7 Å². The first-order valence-corrected chi connectivity index (χ1v) is 28.0. The summed E-state index contributed by atoms with van der Waals surface area (Å²) in [4.78, 5) is 0. The topological polar surface area (TPSA) is 52.6 Å². The van der Waals surface area contributed by atoms with Crippen LogP contribution in [0.1, 0.15) is 23.0 Å². The highest BCUT2D eigenvalue weighted by Crippen LogP contribution is 2.27. The largest absolute Gasteiger partial charge is 0.465 e. The van der Waals surface area contributed by atoms with Gasteiger partial charge in [-0.1, -0.05) is 90.0 Å². The fourth-order valence-electron chi connectivity index (χ4n) is 4.12. The standard InChI is InChI=1S/C32H44O4Si4/c1-37(2,3)29-19-15-25(33-29)23(26-16-20-30(34-26)38(4,5)6)13-14-24(27-17-21-31(35-27)39(7,8)9)28-18-22-32(36-28)40(10,11)12/h15-22H,1-12H3. The van der Waals surface area contributed by atoms with E-state index in [1.54, 1.807) is 0 Å². The van der Waals surface area contributed by atoms with Gasteiger partial charge in [0.1, 0.15) is 66.5 Å². The van der Waals surface area contributed by atoms with Crippen LogP contribution in [0.3, 0.4) is 0 Å². The van der Waals surface area contributed by atoms with Crippen molar-refractivity contribution in [1.82, 2.24) is 0 Å². The van der Waals surface area contributed by atoms with E-state index in [9.17, 15) is 0 Å². The molecule has 0 amide bonds. The molecule has 0 aliphatic rings. The predicted octanol–water partition coefficient (Wildman–Crippen LogP) is 7.56. The molecule has 0 bridgehead atoms. The summed E-state index contributed by atoms with van der Waals surface area (Å²) in [6.45, 7) is 27.4. The summed E-state index contributed by atoms with van der Waals surface area (Å²) >= 11 is 0. The maximum absolute atomic E-state index is 6.43. The number of hydrogen-bond acceptors (Lipinski definition) is 4. The van der Waals surface area contributed by atoms with Gasteiger partial charge in [0, 0.05) is 0 Å². The number of furan rings is 4. The Hall–Kier alpha value is -2.71. The highest BCUT2D eigenvalue weighted by atomic mass is 28.3. The Balaban J connectivity index is 2.02. The lowest BCUT2D eigenvalue weighted by Crippen LogP contribution is -2.36. The molecule has 0 aromatic carbocycles. The predicted molar refractivity (Wildman–Crippen MR) is 179 cm³/mol. The third kappa shape index (κ3) is 6.77. The van der Waals surface area contributed by atoms with E-state index in [1.807, 2.05) is 24.3 Å². The Morgan fingerprint density at radius 2 is 0.575 bits per heavy atom. The van der Waals surface area contributed by atoms with E-state index in [-0.39, 0.29) is 0 Å². The molecular formula is C32H44O4Si4. The van der Waals surface area contributed by atoms with Crippen molar-refractivity contribution in [1.29, 1.82) is 0 Å². The Morgan fingerprint density at radius 1 is 0.375 bits per heavy atom. The van der Waals surface area contributed by atoms with Crippen LogP contribution in [0.25, 0.3) is 11.1 Å². The average molecular weight is 605 g/mol. The van der Waals surface area contributed by atoms with Gasteiger partial charge in [0.05, 0.1) is 21.5 Å². The van der Waals surface area contributed by atoms with Gasteiger partial charge in [-0.3, -0.25) is 0 Å². The van der Waals surface area contributed by atoms with Crippen molar-refractivity contribution in [2.75, 3.05) is 0 Å². The maximum atomic E-state index is 6.43. The van der Waals surface area contributed by atoms with Crippen molar-refractivity contribution in [3.05, 3.63) is 83.0 Å². The van der Waals surface area contributed by atoms with Crippen molar-refractivity contribution in [2.45, 2.75) is 78.6 Å². The SMILES string of the molecule is C[Si](C)(C)c1ccc(C(=C=C=C(c2ccc([Si](C)(C)C)o2)c2ccc([Si](C)(C)C)o2)c2ccc([Si](C)(C)C)o2)o1. The van der Waals surface area contributed by atoms with Crippen LogP contribution in [0, 0.1) is 0 Å². The van der Waals surface area contributed by atoms with Crippen LogP contribution in [-0.2, 0) is 0 Å². The second-order valence-corrected chi connectivity index (χ2v) is 34.6. The summed E-state index contributed by atoms with van der Waals surface area (Å²) in [5.74, 6) is 2.91. The van der Waals surface area contributed by atoms with Crippen LogP contribution in [0.2, 0.25) is 78.6 Å². The summed E-state index contributed by atoms with van der Waals surface area (Å²) < 4.78 is 25.7. The third-order valence-electron chi connectivity index (χ3n) is 6.68. The van der Waals surface area contributed by atoms with Crippen molar-refractivity contribution < 1.29 is 17.7 Å². The molecule has 4 heterocycles. The molecule has 4 rings (SSSR count). The normalized spacial score (nSPS) is 12.8. The van der Waals surface area contributed by atoms with Gasteiger partial charge < -0.3 is 17.7 Å². The third-order valence-corrected chi connectivity index (χ3v) is 13.7. The molecule has 0 radical (unpaired) electrons. The van der Waals surface area contributed by atoms with E-state index in [2.05, 4.69) is 114 Å². The van der Waals surface area contributed by atoms with Crippen molar-refractivity contribution in [2.24, 2.45) is 0 Å². The molecule has 0 N–H and O–H groups in total. The summed E-state index contributed by atoms with van der Waals surface area (Å²) in [6.07, 6.45) is 0.